The molecule has 1 aliphatic heterocycles. The van der Waals surface area contributed by atoms with Crippen LogP contribution in [0.4, 0.5) is 0 Å². The molecule has 0 unspecified atom stereocenters. The van der Waals surface area contributed by atoms with Crippen LogP contribution in [0.2, 0.25) is 0 Å². The van der Waals surface area contributed by atoms with E-state index in [1.54, 1.807) is 0 Å². The average molecular weight is 328 g/mol. The lowest BCUT2D eigenvalue weighted by molar-refractivity contribution is -0.183. The van der Waals surface area contributed by atoms with Gasteiger partial charge in [-0.1, -0.05) is 18.2 Å². The van der Waals surface area contributed by atoms with Crippen molar-refractivity contribution in [1.29, 1.82) is 0 Å². The molecule has 1 heterocycles. The van der Waals surface area contributed by atoms with Gasteiger partial charge in [-0.15, -0.1) is 0 Å². The first kappa shape index (κ1) is 16.8. The van der Waals surface area contributed by atoms with Crippen molar-refractivity contribution >= 4 is 0 Å². The van der Waals surface area contributed by atoms with Crippen LogP contribution in [-0.4, -0.2) is 26.4 Å². The van der Waals surface area contributed by atoms with Gasteiger partial charge in [0.05, 0.1) is 13.2 Å². The monoisotopic (exact) mass is 328 g/mol. The molecule has 0 aromatic heterocycles. The fourth-order valence-electron chi connectivity index (χ4n) is 2.52. The van der Waals surface area contributed by atoms with E-state index in [9.17, 15) is 0 Å². The van der Waals surface area contributed by atoms with Gasteiger partial charge >= 0.3 is 0 Å². The van der Waals surface area contributed by atoms with Crippen molar-refractivity contribution in [3.8, 4) is 11.5 Å². The van der Waals surface area contributed by atoms with E-state index in [0.717, 1.165) is 36.7 Å². The average Bonchev–Trinajstić information content (AvgIpc) is 2.63. The van der Waals surface area contributed by atoms with Crippen LogP contribution in [0.15, 0.2) is 42.5 Å². The number of ether oxygens (including phenoxy) is 4. The molecule has 0 aliphatic carbocycles. The molecule has 0 saturated carbocycles. The summed E-state index contributed by atoms with van der Waals surface area (Å²) in [5.41, 5.74) is 3.52. The zero-order chi connectivity index (χ0) is 16.8. The van der Waals surface area contributed by atoms with E-state index in [0.29, 0.717) is 13.2 Å². The Morgan fingerprint density at radius 2 is 1.46 bits per heavy atom. The Labute approximate surface area is 143 Å². The van der Waals surface area contributed by atoms with Crippen molar-refractivity contribution < 1.29 is 18.9 Å². The molecule has 0 atom stereocenters. The number of hydrogen-bond donors (Lipinski definition) is 0. The molecule has 1 saturated heterocycles. The van der Waals surface area contributed by atoms with Gasteiger partial charge in [-0.05, 0) is 55.7 Å². The fraction of sp³-hybridized carbons (Fsp3) is 0.400. The van der Waals surface area contributed by atoms with Crippen LogP contribution >= 0.6 is 0 Å². The molecule has 128 valence electrons. The van der Waals surface area contributed by atoms with Crippen molar-refractivity contribution in [3.05, 3.63) is 59.2 Å². The van der Waals surface area contributed by atoms with Crippen molar-refractivity contribution in [3.63, 3.8) is 0 Å². The van der Waals surface area contributed by atoms with Crippen molar-refractivity contribution in [2.45, 2.75) is 26.6 Å². The zero-order valence-electron chi connectivity index (χ0n) is 14.3. The standard InChI is InChI=1S/C20H24O4/c1-15-4-7-19(14-16(15)2)22-13-12-21-18-8-5-17(6-9-18)20-23-10-3-11-24-20/h4-9,14,20H,3,10-13H2,1-2H3. The van der Waals surface area contributed by atoms with E-state index < -0.39 is 0 Å². The number of benzene rings is 2. The van der Waals surface area contributed by atoms with Crippen molar-refractivity contribution in [1.82, 2.24) is 0 Å². The third kappa shape index (κ3) is 4.49. The second kappa shape index (κ2) is 8.18. The molecule has 0 bridgehead atoms. The summed E-state index contributed by atoms with van der Waals surface area (Å²) in [6, 6.07) is 13.9. The summed E-state index contributed by atoms with van der Waals surface area (Å²) >= 11 is 0. The van der Waals surface area contributed by atoms with E-state index in [1.165, 1.54) is 11.1 Å². The Balaban J connectivity index is 1.44. The molecule has 2 aromatic rings. The topological polar surface area (TPSA) is 36.9 Å². The lowest BCUT2D eigenvalue weighted by atomic mass is 10.1. The van der Waals surface area contributed by atoms with Gasteiger partial charge in [-0.2, -0.15) is 0 Å². The third-order valence-corrected chi connectivity index (χ3v) is 4.08. The summed E-state index contributed by atoms with van der Waals surface area (Å²) < 4.78 is 22.6. The van der Waals surface area contributed by atoms with Crippen LogP contribution in [0.1, 0.15) is 29.4 Å². The maximum Gasteiger partial charge on any atom is 0.183 e. The highest BCUT2D eigenvalue weighted by molar-refractivity contribution is 5.33. The molecule has 2 aromatic carbocycles. The zero-order valence-corrected chi connectivity index (χ0v) is 14.3. The Bertz CT molecular complexity index is 645. The summed E-state index contributed by atoms with van der Waals surface area (Å²) in [5, 5.41) is 0. The first-order valence-electron chi connectivity index (χ1n) is 8.38. The molecule has 1 aliphatic rings. The van der Waals surface area contributed by atoms with Gasteiger partial charge in [-0.3, -0.25) is 0 Å². The molecular weight excluding hydrogens is 304 g/mol. The second-order valence-electron chi connectivity index (χ2n) is 5.94. The van der Waals surface area contributed by atoms with Gasteiger partial charge in [0.1, 0.15) is 24.7 Å². The SMILES string of the molecule is Cc1ccc(OCCOc2ccc(C3OCCCO3)cc2)cc1C. The normalized spacial score (nSPS) is 15.2. The highest BCUT2D eigenvalue weighted by atomic mass is 16.7. The predicted octanol–water partition coefficient (Wildman–Crippen LogP) is 4.20. The van der Waals surface area contributed by atoms with Crippen LogP contribution in [-0.2, 0) is 9.47 Å². The first-order valence-corrected chi connectivity index (χ1v) is 8.38. The van der Waals surface area contributed by atoms with E-state index in [4.69, 9.17) is 18.9 Å². The summed E-state index contributed by atoms with van der Waals surface area (Å²) in [4.78, 5) is 0. The van der Waals surface area contributed by atoms with Crippen LogP contribution in [0.25, 0.3) is 0 Å². The Morgan fingerprint density at radius 3 is 2.12 bits per heavy atom. The minimum Gasteiger partial charge on any atom is -0.490 e. The van der Waals surface area contributed by atoms with Gasteiger partial charge in [0.15, 0.2) is 6.29 Å². The van der Waals surface area contributed by atoms with E-state index in [1.807, 2.05) is 36.4 Å². The molecule has 1 fully saturated rings. The summed E-state index contributed by atoms with van der Waals surface area (Å²) in [5.74, 6) is 1.70. The summed E-state index contributed by atoms with van der Waals surface area (Å²) in [6.07, 6.45) is 0.707. The lowest BCUT2D eigenvalue weighted by Gasteiger charge is -2.23. The number of rotatable bonds is 6. The van der Waals surface area contributed by atoms with Crippen LogP contribution < -0.4 is 9.47 Å². The van der Waals surface area contributed by atoms with Crippen LogP contribution in [0, 0.1) is 13.8 Å². The smallest absolute Gasteiger partial charge is 0.183 e. The van der Waals surface area contributed by atoms with Gasteiger partial charge in [-0.25, -0.2) is 0 Å². The minimum absolute atomic E-state index is 0.249. The quantitative estimate of drug-likeness (QED) is 0.745. The molecular formula is C20H24O4. The van der Waals surface area contributed by atoms with E-state index in [-0.39, 0.29) is 6.29 Å². The maximum absolute atomic E-state index is 5.72. The van der Waals surface area contributed by atoms with Gasteiger partial charge in [0, 0.05) is 5.56 Å². The summed E-state index contributed by atoms with van der Waals surface area (Å²) in [7, 11) is 0. The molecule has 0 amide bonds. The third-order valence-electron chi connectivity index (χ3n) is 4.08. The second-order valence-corrected chi connectivity index (χ2v) is 5.94. The molecule has 4 heteroatoms. The Hall–Kier alpha value is -2.04. The van der Waals surface area contributed by atoms with Gasteiger partial charge in [0.25, 0.3) is 0 Å². The summed E-state index contributed by atoms with van der Waals surface area (Å²) in [6.45, 7) is 6.69. The molecule has 24 heavy (non-hydrogen) atoms. The number of hydrogen-bond acceptors (Lipinski definition) is 4. The van der Waals surface area contributed by atoms with Crippen molar-refractivity contribution in [2.75, 3.05) is 26.4 Å². The fourth-order valence-corrected chi connectivity index (χ4v) is 2.52. The van der Waals surface area contributed by atoms with E-state index >= 15 is 0 Å². The minimum atomic E-state index is -0.249. The van der Waals surface area contributed by atoms with Crippen LogP contribution in [0.5, 0.6) is 11.5 Å². The van der Waals surface area contributed by atoms with E-state index in [2.05, 4.69) is 19.9 Å². The molecule has 0 spiro atoms. The first-order chi connectivity index (χ1) is 11.7. The highest BCUT2D eigenvalue weighted by Crippen LogP contribution is 2.24. The molecule has 0 N–H and O–H groups in total. The Kier molecular flexibility index (Phi) is 5.72. The number of aryl methyl sites for hydroxylation is 2. The molecule has 0 radical (unpaired) electrons. The largest absolute Gasteiger partial charge is 0.490 e. The Morgan fingerprint density at radius 1 is 0.833 bits per heavy atom. The molecule has 4 nitrogen and oxygen atoms in total. The molecule has 3 rings (SSSR count). The van der Waals surface area contributed by atoms with Crippen LogP contribution in [0.3, 0.4) is 0 Å². The van der Waals surface area contributed by atoms with Gasteiger partial charge in [0.2, 0.25) is 0 Å². The van der Waals surface area contributed by atoms with Crippen molar-refractivity contribution in [2.24, 2.45) is 0 Å². The predicted molar refractivity (Wildman–Crippen MR) is 92.6 cm³/mol. The maximum atomic E-state index is 5.72. The highest BCUT2D eigenvalue weighted by Gasteiger charge is 2.16. The lowest BCUT2D eigenvalue weighted by Crippen LogP contribution is -2.17. The van der Waals surface area contributed by atoms with Gasteiger partial charge < -0.3 is 18.9 Å².